The molecule has 1 heterocycles. The van der Waals surface area contributed by atoms with Gasteiger partial charge in [0.15, 0.2) is 0 Å². The van der Waals surface area contributed by atoms with Crippen molar-refractivity contribution in [1.82, 2.24) is 14.9 Å². The molecule has 9 heteroatoms. The molecule has 2 amide bonds. The topological polar surface area (TPSA) is 102 Å². The number of halogens is 1. The Kier molecular flexibility index (Phi) is 6.76. The van der Waals surface area contributed by atoms with Crippen LogP contribution in [0.1, 0.15) is 17.3 Å². The standard InChI is InChI=1S/C22H21FN4O4/c1-3-24-21(29)18-12-25-20(14-7-9-15(23)10-8-14)27(22(18)30)13-19(28)26-16-5-4-6-17(11-16)31-2/h4-12H,3,13H2,1-2H3,(H,24,29)(H,26,28). The summed E-state index contributed by atoms with van der Waals surface area (Å²) in [6, 6.07) is 12.1. The number of nitrogens with zero attached hydrogens (tertiary/aromatic N) is 2. The lowest BCUT2D eigenvalue weighted by atomic mass is 10.2. The predicted molar refractivity (Wildman–Crippen MR) is 114 cm³/mol. The van der Waals surface area contributed by atoms with Crippen molar-refractivity contribution in [2.45, 2.75) is 13.5 Å². The molecule has 0 saturated carbocycles. The Morgan fingerprint density at radius 3 is 2.58 bits per heavy atom. The molecule has 0 spiro atoms. The second-order valence-corrected chi connectivity index (χ2v) is 6.53. The molecule has 0 saturated heterocycles. The van der Waals surface area contributed by atoms with Gasteiger partial charge in [-0.1, -0.05) is 6.07 Å². The molecule has 8 nitrogen and oxygen atoms in total. The first-order valence-corrected chi connectivity index (χ1v) is 9.50. The number of nitrogens with one attached hydrogen (secondary N) is 2. The van der Waals surface area contributed by atoms with Crippen LogP contribution in [0.25, 0.3) is 11.4 Å². The number of anilines is 1. The number of carbonyl (C=O) groups excluding carboxylic acids is 2. The van der Waals surface area contributed by atoms with E-state index >= 15 is 0 Å². The van der Waals surface area contributed by atoms with Gasteiger partial charge in [-0.25, -0.2) is 9.37 Å². The number of benzene rings is 2. The maximum atomic E-state index is 13.3. The summed E-state index contributed by atoms with van der Waals surface area (Å²) in [5.41, 5.74) is 0.0339. The summed E-state index contributed by atoms with van der Waals surface area (Å²) < 4.78 is 19.6. The largest absolute Gasteiger partial charge is 0.497 e. The van der Waals surface area contributed by atoms with Gasteiger partial charge < -0.3 is 15.4 Å². The SMILES string of the molecule is CCNC(=O)c1cnc(-c2ccc(F)cc2)n(CC(=O)Nc2cccc(OC)c2)c1=O. The molecule has 0 aliphatic rings. The average molecular weight is 424 g/mol. The molecule has 3 aromatic rings. The Labute approximate surface area is 177 Å². The van der Waals surface area contributed by atoms with Gasteiger partial charge in [-0.15, -0.1) is 0 Å². The summed E-state index contributed by atoms with van der Waals surface area (Å²) >= 11 is 0. The zero-order chi connectivity index (χ0) is 22.4. The maximum absolute atomic E-state index is 13.3. The first-order chi connectivity index (χ1) is 14.9. The molecule has 31 heavy (non-hydrogen) atoms. The lowest BCUT2D eigenvalue weighted by Gasteiger charge is -2.14. The van der Waals surface area contributed by atoms with Crippen molar-refractivity contribution in [2.75, 3.05) is 19.0 Å². The second kappa shape index (κ2) is 9.66. The van der Waals surface area contributed by atoms with Crippen molar-refractivity contribution in [3.63, 3.8) is 0 Å². The third-order valence-corrected chi connectivity index (χ3v) is 4.39. The normalized spacial score (nSPS) is 10.4. The van der Waals surface area contributed by atoms with E-state index < -0.39 is 29.7 Å². The summed E-state index contributed by atoms with van der Waals surface area (Å²) in [6.45, 7) is 1.65. The number of methoxy groups -OCH3 is 1. The maximum Gasteiger partial charge on any atom is 0.267 e. The summed E-state index contributed by atoms with van der Waals surface area (Å²) in [6.07, 6.45) is 1.16. The second-order valence-electron chi connectivity index (χ2n) is 6.53. The highest BCUT2D eigenvalue weighted by atomic mass is 19.1. The molecule has 2 N–H and O–H groups in total. The lowest BCUT2D eigenvalue weighted by molar-refractivity contribution is -0.116. The monoisotopic (exact) mass is 424 g/mol. The van der Waals surface area contributed by atoms with E-state index in [4.69, 9.17) is 4.74 Å². The van der Waals surface area contributed by atoms with Gasteiger partial charge >= 0.3 is 0 Å². The van der Waals surface area contributed by atoms with E-state index in [2.05, 4.69) is 15.6 Å². The zero-order valence-electron chi connectivity index (χ0n) is 17.0. The van der Waals surface area contributed by atoms with Crippen molar-refractivity contribution in [1.29, 1.82) is 0 Å². The van der Waals surface area contributed by atoms with Crippen LogP contribution in [-0.4, -0.2) is 35.0 Å². The smallest absolute Gasteiger partial charge is 0.267 e. The molecular formula is C22H21FN4O4. The molecule has 0 radical (unpaired) electrons. The van der Waals surface area contributed by atoms with Crippen LogP contribution >= 0.6 is 0 Å². The van der Waals surface area contributed by atoms with Gasteiger partial charge in [0.05, 0.1) is 7.11 Å². The lowest BCUT2D eigenvalue weighted by Crippen LogP contribution is -2.36. The minimum atomic E-state index is -0.680. The Bertz CT molecular complexity index is 1160. The molecule has 2 aromatic carbocycles. The van der Waals surface area contributed by atoms with Gasteiger partial charge in [-0.2, -0.15) is 0 Å². The summed E-state index contributed by atoms with van der Waals surface area (Å²) in [4.78, 5) is 42.1. The Morgan fingerprint density at radius 1 is 1.16 bits per heavy atom. The fourth-order valence-corrected chi connectivity index (χ4v) is 2.92. The quantitative estimate of drug-likeness (QED) is 0.607. The van der Waals surface area contributed by atoms with Gasteiger partial charge in [0.1, 0.15) is 29.5 Å². The number of carbonyl (C=O) groups is 2. The van der Waals surface area contributed by atoms with Gasteiger partial charge in [-0.3, -0.25) is 19.0 Å². The van der Waals surface area contributed by atoms with E-state index in [-0.39, 0.29) is 11.4 Å². The fourth-order valence-electron chi connectivity index (χ4n) is 2.92. The van der Waals surface area contributed by atoms with Crippen molar-refractivity contribution in [2.24, 2.45) is 0 Å². The Morgan fingerprint density at radius 2 is 1.90 bits per heavy atom. The van der Waals surface area contributed by atoms with E-state index in [1.807, 2.05) is 0 Å². The number of aromatic nitrogens is 2. The first kappa shape index (κ1) is 21.7. The highest BCUT2D eigenvalue weighted by Gasteiger charge is 2.19. The van der Waals surface area contributed by atoms with E-state index in [0.29, 0.717) is 23.5 Å². The van der Waals surface area contributed by atoms with E-state index in [9.17, 15) is 18.8 Å². The predicted octanol–water partition coefficient (Wildman–Crippen LogP) is 2.45. The third-order valence-electron chi connectivity index (χ3n) is 4.39. The Hall–Kier alpha value is -4.01. The fraction of sp³-hybridized carbons (Fsp3) is 0.182. The van der Waals surface area contributed by atoms with Crippen LogP contribution in [0.2, 0.25) is 0 Å². The molecule has 0 aliphatic carbocycles. The van der Waals surface area contributed by atoms with E-state index in [0.717, 1.165) is 10.8 Å². The summed E-state index contributed by atoms with van der Waals surface area (Å²) in [7, 11) is 1.51. The molecule has 0 bridgehead atoms. The third kappa shape index (κ3) is 5.13. The Balaban J connectivity index is 1.99. The molecule has 160 valence electrons. The molecule has 0 aliphatic heterocycles. The highest BCUT2D eigenvalue weighted by molar-refractivity contribution is 5.94. The number of amides is 2. The first-order valence-electron chi connectivity index (χ1n) is 9.50. The van der Waals surface area contributed by atoms with Crippen molar-refractivity contribution in [3.8, 4) is 17.1 Å². The summed E-state index contributed by atoms with van der Waals surface area (Å²) in [5.74, 6) is -0.853. The van der Waals surface area contributed by atoms with Crippen LogP contribution in [0, 0.1) is 5.82 Å². The number of ether oxygens (including phenoxy) is 1. The molecule has 0 unspecified atom stereocenters. The van der Waals surface area contributed by atoms with Gasteiger partial charge in [-0.05, 0) is 43.3 Å². The zero-order valence-corrected chi connectivity index (χ0v) is 17.0. The molecule has 0 fully saturated rings. The van der Waals surface area contributed by atoms with E-state index in [1.165, 1.54) is 31.4 Å². The minimum absolute atomic E-state index is 0.138. The van der Waals surface area contributed by atoms with Crippen LogP contribution in [-0.2, 0) is 11.3 Å². The number of hydrogen-bond donors (Lipinski definition) is 2. The number of rotatable bonds is 7. The van der Waals surface area contributed by atoms with Crippen molar-refractivity contribution in [3.05, 3.63) is 76.5 Å². The number of hydrogen-bond acceptors (Lipinski definition) is 5. The van der Waals surface area contributed by atoms with Crippen molar-refractivity contribution < 1.29 is 18.7 Å². The average Bonchev–Trinajstić information content (AvgIpc) is 2.76. The summed E-state index contributed by atoms with van der Waals surface area (Å²) in [5, 5.41) is 5.23. The molecule has 3 rings (SSSR count). The molecule has 1 aromatic heterocycles. The highest BCUT2D eigenvalue weighted by Crippen LogP contribution is 2.18. The van der Waals surface area contributed by atoms with E-state index in [1.54, 1.807) is 31.2 Å². The minimum Gasteiger partial charge on any atom is -0.497 e. The van der Waals surface area contributed by atoms with Crippen LogP contribution in [0.5, 0.6) is 5.75 Å². The van der Waals surface area contributed by atoms with Crippen LogP contribution in [0.3, 0.4) is 0 Å². The van der Waals surface area contributed by atoms with Crippen LogP contribution in [0.15, 0.2) is 59.5 Å². The molecular weight excluding hydrogens is 403 g/mol. The van der Waals surface area contributed by atoms with Gasteiger partial charge in [0.25, 0.3) is 11.5 Å². The van der Waals surface area contributed by atoms with Crippen molar-refractivity contribution >= 4 is 17.5 Å². The van der Waals surface area contributed by atoms with Gasteiger partial charge in [0.2, 0.25) is 5.91 Å². The molecule has 0 atom stereocenters. The van der Waals surface area contributed by atoms with Crippen LogP contribution < -0.4 is 20.9 Å². The van der Waals surface area contributed by atoms with Gasteiger partial charge in [0, 0.05) is 30.1 Å². The van der Waals surface area contributed by atoms with Crippen LogP contribution in [0.4, 0.5) is 10.1 Å².